The van der Waals surface area contributed by atoms with Crippen LogP contribution in [0.1, 0.15) is 6.42 Å². The first-order valence-electron chi connectivity index (χ1n) is 5.46. The monoisotopic (exact) mass is 255 g/mol. The number of ether oxygens (including phenoxy) is 1. The van der Waals surface area contributed by atoms with Gasteiger partial charge >= 0.3 is 0 Å². The lowest BCUT2D eigenvalue weighted by Gasteiger charge is -2.25. The average molecular weight is 255 g/mol. The van der Waals surface area contributed by atoms with Crippen molar-refractivity contribution in [3.8, 4) is 6.07 Å². The minimum Gasteiger partial charge on any atom is -0.397 e. The van der Waals surface area contributed by atoms with Crippen molar-refractivity contribution in [3.63, 3.8) is 0 Å². The van der Waals surface area contributed by atoms with Crippen LogP contribution in [-0.4, -0.2) is 26.8 Å². The summed E-state index contributed by atoms with van der Waals surface area (Å²) in [5.41, 5.74) is 5.79. The van der Waals surface area contributed by atoms with Crippen LogP contribution in [0.3, 0.4) is 0 Å². The summed E-state index contributed by atoms with van der Waals surface area (Å²) in [6.45, 7) is 0.939. The maximum absolute atomic E-state index is 13.7. The van der Waals surface area contributed by atoms with Gasteiger partial charge in [-0.05, 0) is 12.1 Å². The zero-order valence-electron chi connectivity index (χ0n) is 10.1. The van der Waals surface area contributed by atoms with Gasteiger partial charge in [0.05, 0.1) is 30.5 Å². The molecule has 0 aliphatic heterocycles. The third kappa shape index (κ3) is 3.31. The van der Waals surface area contributed by atoms with E-state index in [2.05, 4.69) is 0 Å². The van der Waals surface area contributed by atoms with E-state index in [4.69, 9.17) is 15.7 Å². The maximum atomic E-state index is 13.7. The Morgan fingerprint density at radius 1 is 1.39 bits per heavy atom. The van der Waals surface area contributed by atoms with Gasteiger partial charge in [-0.2, -0.15) is 5.26 Å². The van der Waals surface area contributed by atoms with Crippen LogP contribution < -0.4 is 10.6 Å². The number of nitriles is 1. The van der Waals surface area contributed by atoms with Crippen LogP contribution in [0.15, 0.2) is 12.1 Å². The predicted molar refractivity (Wildman–Crippen MR) is 65.1 cm³/mol. The minimum atomic E-state index is -0.996. The molecule has 0 radical (unpaired) electrons. The highest BCUT2D eigenvalue weighted by molar-refractivity contribution is 5.68. The fourth-order valence-electron chi connectivity index (χ4n) is 1.60. The quantitative estimate of drug-likeness (QED) is 0.789. The molecule has 1 rings (SSSR count). The largest absolute Gasteiger partial charge is 0.397 e. The molecular weight excluding hydrogens is 240 g/mol. The Hall–Kier alpha value is -1.87. The normalized spacial score (nSPS) is 10.1. The first-order valence-corrected chi connectivity index (χ1v) is 5.46. The summed E-state index contributed by atoms with van der Waals surface area (Å²) in [6.07, 6.45) is 0.194. The van der Waals surface area contributed by atoms with E-state index >= 15 is 0 Å². The Balaban J connectivity index is 3.03. The molecule has 0 bridgehead atoms. The van der Waals surface area contributed by atoms with Crippen molar-refractivity contribution >= 4 is 11.4 Å². The van der Waals surface area contributed by atoms with E-state index in [0.717, 1.165) is 6.07 Å². The molecule has 0 fully saturated rings. The highest BCUT2D eigenvalue weighted by Gasteiger charge is 2.18. The van der Waals surface area contributed by atoms with Crippen LogP contribution in [0.5, 0.6) is 0 Å². The molecule has 18 heavy (non-hydrogen) atoms. The van der Waals surface area contributed by atoms with E-state index in [9.17, 15) is 8.78 Å². The van der Waals surface area contributed by atoms with E-state index in [1.54, 1.807) is 0 Å². The molecule has 0 atom stereocenters. The number of nitrogens with zero attached hydrogens (tertiary/aromatic N) is 2. The van der Waals surface area contributed by atoms with Gasteiger partial charge in [-0.3, -0.25) is 0 Å². The summed E-state index contributed by atoms with van der Waals surface area (Å²) in [4.78, 5) is 1.51. The van der Waals surface area contributed by atoms with Crippen LogP contribution in [0, 0.1) is 23.0 Å². The molecule has 0 saturated heterocycles. The van der Waals surface area contributed by atoms with Gasteiger partial charge < -0.3 is 15.4 Å². The molecule has 4 nitrogen and oxygen atoms in total. The lowest BCUT2D eigenvalue weighted by molar-refractivity contribution is 0.205. The molecule has 6 heteroatoms. The third-order valence-corrected chi connectivity index (χ3v) is 2.48. The van der Waals surface area contributed by atoms with Crippen LogP contribution >= 0.6 is 0 Å². The van der Waals surface area contributed by atoms with E-state index in [1.807, 2.05) is 6.07 Å². The molecule has 0 amide bonds. The number of hydrogen-bond donors (Lipinski definition) is 1. The van der Waals surface area contributed by atoms with Gasteiger partial charge in [0.2, 0.25) is 0 Å². The topological polar surface area (TPSA) is 62.3 Å². The number of nitrogens with two attached hydrogens (primary N) is 1. The van der Waals surface area contributed by atoms with Crippen LogP contribution in [0.2, 0.25) is 0 Å². The Labute approximate surface area is 105 Å². The first kappa shape index (κ1) is 14.2. The highest BCUT2D eigenvalue weighted by Crippen LogP contribution is 2.28. The predicted octanol–water partition coefficient (Wildman–Crippen LogP) is 1.91. The van der Waals surface area contributed by atoms with Gasteiger partial charge in [0.25, 0.3) is 0 Å². The van der Waals surface area contributed by atoms with Gasteiger partial charge in [0, 0.05) is 20.2 Å². The second-order valence-corrected chi connectivity index (χ2v) is 3.69. The summed E-state index contributed by atoms with van der Waals surface area (Å²) >= 11 is 0. The first-order chi connectivity index (χ1) is 8.61. The van der Waals surface area contributed by atoms with Gasteiger partial charge in [-0.25, -0.2) is 8.78 Å². The van der Waals surface area contributed by atoms with Gasteiger partial charge in [0.15, 0.2) is 11.6 Å². The van der Waals surface area contributed by atoms with E-state index < -0.39 is 11.6 Å². The van der Waals surface area contributed by atoms with E-state index in [0.29, 0.717) is 13.2 Å². The van der Waals surface area contributed by atoms with Crippen molar-refractivity contribution in [3.05, 3.63) is 23.8 Å². The smallest absolute Gasteiger partial charge is 0.184 e. The molecule has 0 aliphatic carbocycles. The molecule has 0 unspecified atom stereocenters. The Bertz CT molecular complexity index is 446. The van der Waals surface area contributed by atoms with Crippen LogP contribution in [0.25, 0.3) is 0 Å². The number of rotatable bonds is 6. The minimum absolute atomic E-state index is 0.0118. The van der Waals surface area contributed by atoms with E-state index in [1.165, 1.54) is 18.1 Å². The highest BCUT2D eigenvalue weighted by atomic mass is 19.2. The van der Waals surface area contributed by atoms with E-state index in [-0.39, 0.29) is 24.3 Å². The molecule has 98 valence electrons. The summed E-state index contributed by atoms with van der Waals surface area (Å²) in [5, 5.41) is 8.57. The van der Waals surface area contributed by atoms with Crippen LogP contribution in [-0.2, 0) is 4.74 Å². The third-order valence-electron chi connectivity index (χ3n) is 2.48. The molecule has 0 spiro atoms. The number of hydrogen-bond acceptors (Lipinski definition) is 4. The van der Waals surface area contributed by atoms with Gasteiger partial charge in [-0.1, -0.05) is 0 Å². The van der Waals surface area contributed by atoms with Gasteiger partial charge in [-0.15, -0.1) is 0 Å². The maximum Gasteiger partial charge on any atom is 0.184 e. The Morgan fingerprint density at radius 3 is 2.72 bits per heavy atom. The number of methoxy groups -OCH3 is 1. The van der Waals surface area contributed by atoms with Crippen molar-refractivity contribution in [1.82, 2.24) is 0 Å². The fraction of sp³-hybridized carbons (Fsp3) is 0.417. The number of benzene rings is 1. The SMILES string of the molecule is COCCN(CCC#N)c1c(N)ccc(F)c1F. The second-order valence-electron chi connectivity index (χ2n) is 3.69. The van der Waals surface area contributed by atoms with Crippen molar-refractivity contribution in [2.24, 2.45) is 0 Å². The van der Waals surface area contributed by atoms with Gasteiger partial charge in [0.1, 0.15) is 0 Å². The number of nitrogen functional groups attached to an aromatic ring is 1. The molecule has 0 aliphatic rings. The molecular formula is C12H15F2N3O. The molecule has 1 aromatic rings. The van der Waals surface area contributed by atoms with Crippen molar-refractivity contribution < 1.29 is 13.5 Å². The number of anilines is 2. The lowest BCUT2D eigenvalue weighted by Crippen LogP contribution is -2.30. The Morgan fingerprint density at radius 2 is 2.11 bits per heavy atom. The van der Waals surface area contributed by atoms with Crippen molar-refractivity contribution in [2.75, 3.05) is 37.4 Å². The summed E-state index contributed by atoms with van der Waals surface area (Å²) in [5.74, 6) is -1.96. The zero-order valence-corrected chi connectivity index (χ0v) is 10.1. The molecule has 2 N–H and O–H groups in total. The summed E-state index contributed by atoms with van der Waals surface area (Å²) in [6, 6.07) is 4.24. The fourth-order valence-corrected chi connectivity index (χ4v) is 1.60. The summed E-state index contributed by atoms with van der Waals surface area (Å²) < 4.78 is 31.9. The van der Waals surface area contributed by atoms with Crippen molar-refractivity contribution in [2.45, 2.75) is 6.42 Å². The Kier molecular flexibility index (Phi) is 5.33. The lowest BCUT2D eigenvalue weighted by atomic mass is 10.2. The van der Waals surface area contributed by atoms with Crippen molar-refractivity contribution in [1.29, 1.82) is 5.26 Å². The molecule has 1 aromatic carbocycles. The zero-order chi connectivity index (χ0) is 13.5. The molecule has 0 saturated carbocycles. The average Bonchev–Trinajstić information content (AvgIpc) is 2.36. The molecule has 0 aromatic heterocycles. The standard InChI is InChI=1S/C12H15F2N3O/c1-18-8-7-17(6-2-5-15)12-10(16)4-3-9(13)11(12)14/h3-4H,2,6-8,16H2,1H3. The molecule has 0 heterocycles. The van der Waals surface area contributed by atoms with Crippen LogP contribution in [0.4, 0.5) is 20.2 Å². The second kappa shape index (κ2) is 6.77. The number of halogens is 2. The summed E-state index contributed by atoms with van der Waals surface area (Å²) in [7, 11) is 1.51.